The number of nitrogens with one attached hydrogen (secondary N) is 2. The maximum Gasteiger partial charge on any atom is 0.335 e. The number of rotatable bonds is 12. The summed E-state index contributed by atoms with van der Waals surface area (Å²) in [6.07, 6.45) is 11.0. The van der Waals surface area contributed by atoms with Gasteiger partial charge in [0.05, 0.1) is 16.9 Å². The van der Waals surface area contributed by atoms with Gasteiger partial charge in [-0.15, -0.1) is 10.2 Å². The Morgan fingerprint density at radius 2 is 1.35 bits per heavy atom. The van der Waals surface area contributed by atoms with E-state index >= 15 is 0 Å². The van der Waals surface area contributed by atoms with Crippen LogP contribution in [0.1, 0.15) is 52.2 Å². The van der Waals surface area contributed by atoms with Gasteiger partial charge in [-0.25, -0.2) is 4.79 Å². The van der Waals surface area contributed by atoms with Crippen molar-refractivity contribution in [2.24, 2.45) is 0 Å². The van der Waals surface area contributed by atoms with Crippen molar-refractivity contribution in [1.29, 1.82) is 0 Å². The Bertz CT molecular complexity index is 2640. The van der Waals surface area contributed by atoms with Crippen LogP contribution in [-0.2, 0) is 14.4 Å². The van der Waals surface area contributed by atoms with E-state index in [9.17, 15) is 24.3 Å². The first-order valence-corrected chi connectivity index (χ1v) is 20.8. The molecule has 3 unspecified atom stereocenters. The highest BCUT2D eigenvalue weighted by atomic mass is 35.5. The Morgan fingerprint density at radius 3 is 1.92 bits per heavy atom. The Kier molecular flexibility index (Phi) is 13.1. The van der Waals surface area contributed by atoms with E-state index in [4.69, 9.17) is 23.2 Å². The minimum absolute atomic E-state index is 0.0768. The number of amides is 3. The van der Waals surface area contributed by atoms with Crippen LogP contribution in [0.3, 0.4) is 0 Å². The monoisotopic (exact) mass is 886 g/mol. The topological polar surface area (TPSA) is 206 Å². The van der Waals surface area contributed by atoms with Gasteiger partial charge in [0.2, 0.25) is 17.7 Å². The molecule has 3 N–H and O–H groups in total. The first kappa shape index (κ1) is 42.6. The SMILES string of the molecule is O=C(C=Cc1cc(Cl)ccc1-n1cnnn1)NC1CCN(C2CC(c3ccccc3)C(C(=O)Nc3ccc(C(=O)O)cc3)N(C(=O)C=Cc3cc(Cl)ccc3-n3cnnn3)C2)CC1. The van der Waals surface area contributed by atoms with Gasteiger partial charge in [-0.2, -0.15) is 9.36 Å². The zero-order valence-electron chi connectivity index (χ0n) is 33.5. The summed E-state index contributed by atoms with van der Waals surface area (Å²) >= 11 is 12.7. The van der Waals surface area contributed by atoms with Gasteiger partial charge in [-0.05, 0) is 118 Å². The van der Waals surface area contributed by atoms with Crippen molar-refractivity contribution in [2.45, 2.75) is 43.3 Å². The molecule has 6 aromatic rings. The second-order valence-corrected chi connectivity index (χ2v) is 16.0. The fraction of sp³-hybridized carbons (Fsp3) is 0.227. The van der Waals surface area contributed by atoms with Crippen LogP contribution in [0.25, 0.3) is 23.5 Å². The van der Waals surface area contributed by atoms with E-state index in [2.05, 4.69) is 46.6 Å². The van der Waals surface area contributed by atoms with Gasteiger partial charge in [-0.3, -0.25) is 19.3 Å². The van der Waals surface area contributed by atoms with Crippen molar-refractivity contribution >= 4 is 64.7 Å². The number of hydrogen-bond donors (Lipinski definition) is 3. The van der Waals surface area contributed by atoms with E-state index in [-0.39, 0.29) is 30.1 Å². The van der Waals surface area contributed by atoms with Crippen LogP contribution in [0.2, 0.25) is 10.0 Å². The molecular weight excluding hydrogens is 847 g/mol. The predicted octanol–water partition coefficient (Wildman–Crippen LogP) is 5.34. The van der Waals surface area contributed by atoms with E-state index in [0.717, 1.165) is 5.56 Å². The van der Waals surface area contributed by atoms with Crippen LogP contribution in [0.5, 0.6) is 0 Å². The maximum absolute atomic E-state index is 14.6. The molecule has 0 saturated carbocycles. The molecule has 0 spiro atoms. The van der Waals surface area contributed by atoms with Gasteiger partial charge in [-0.1, -0.05) is 53.5 Å². The summed E-state index contributed by atoms with van der Waals surface area (Å²) in [4.78, 5) is 57.8. The molecule has 3 amide bonds. The molecule has 0 aliphatic carbocycles. The lowest BCUT2D eigenvalue weighted by molar-refractivity contribution is -0.139. The van der Waals surface area contributed by atoms with Crippen molar-refractivity contribution in [1.82, 2.24) is 55.5 Å². The minimum atomic E-state index is -1.09. The number of aromatic carboxylic acids is 1. The van der Waals surface area contributed by atoms with Crippen LogP contribution < -0.4 is 10.6 Å². The molecule has 0 bridgehead atoms. The number of nitrogens with zero attached hydrogens (tertiary/aromatic N) is 10. The van der Waals surface area contributed by atoms with Gasteiger partial charge in [0.1, 0.15) is 18.7 Å². The average molecular weight is 888 g/mol. The fourth-order valence-corrected chi connectivity index (χ4v) is 8.52. The van der Waals surface area contributed by atoms with Crippen LogP contribution in [0.4, 0.5) is 5.69 Å². The summed E-state index contributed by atoms with van der Waals surface area (Å²) < 4.78 is 2.96. The molecule has 2 aliphatic rings. The van der Waals surface area contributed by atoms with E-state index in [0.29, 0.717) is 70.6 Å². The average Bonchev–Trinajstić information content (AvgIpc) is 4.04. The molecule has 4 aromatic carbocycles. The number of tetrazole rings is 2. The van der Waals surface area contributed by atoms with Gasteiger partial charge in [0.15, 0.2) is 0 Å². The number of carbonyl (C=O) groups is 4. The standard InChI is InChI=1S/C44H40Cl2N12O5/c45-32-10-14-38(57-26-47-51-53-57)30(22-32)8-16-40(59)49-35-18-20-55(21-19-35)36-24-37(28-4-2-1-3-5-28)42(43(61)50-34-12-6-29(7-13-34)44(62)63)56(25-36)41(60)17-9-31-23-33(46)11-15-39(31)58-27-48-52-54-58/h1-17,22-23,26-27,35-37,42H,18-21,24-25H2,(H,49,59)(H,50,61)(H,62,63). The summed E-state index contributed by atoms with van der Waals surface area (Å²) in [6, 6.07) is 24.7. The van der Waals surface area contributed by atoms with Crippen molar-refractivity contribution in [3.8, 4) is 11.4 Å². The number of piperidine rings is 2. The van der Waals surface area contributed by atoms with Crippen LogP contribution in [0, 0.1) is 0 Å². The van der Waals surface area contributed by atoms with Crippen LogP contribution in [0.15, 0.2) is 116 Å². The first-order chi connectivity index (χ1) is 30.6. The van der Waals surface area contributed by atoms with Crippen molar-refractivity contribution in [3.63, 3.8) is 0 Å². The van der Waals surface area contributed by atoms with E-state index in [1.807, 2.05) is 30.3 Å². The summed E-state index contributed by atoms with van der Waals surface area (Å²) in [6.45, 7) is 1.52. The zero-order chi connectivity index (χ0) is 43.9. The molecule has 320 valence electrons. The van der Waals surface area contributed by atoms with Crippen LogP contribution >= 0.6 is 23.2 Å². The number of hydrogen-bond acceptors (Lipinski definition) is 11. The molecular formula is C44H40Cl2N12O5. The second kappa shape index (κ2) is 19.3. The molecule has 8 rings (SSSR count). The highest BCUT2D eigenvalue weighted by molar-refractivity contribution is 6.31. The Balaban J connectivity index is 1.03. The minimum Gasteiger partial charge on any atom is -0.478 e. The Morgan fingerprint density at radius 1 is 0.746 bits per heavy atom. The van der Waals surface area contributed by atoms with Crippen molar-refractivity contribution in [3.05, 3.63) is 148 Å². The second-order valence-electron chi connectivity index (χ2n) is 15.1. The molecule has 2 aliphatic heterocycles. The third-order valence-corrected chi connectivity index (χ3v) is 11.7. The largest absolute Gasteiger partial charge is 0.478 e. The summed E-state index contributed by atoms with van der Waals surface area (Å²) in [5.74, 6) is -2.58. The quantitative estimate of drug-likeness (QED) is 0.133. The number of likely N-dealkylation sites (tertiary alicyclic amines) is 2. The number of carboxylic acids is 1. The normalized spacial score (nSPS) is 18.4. The maximum atomic E-state index is 14.6. The lowest BCUT2D eigenvalue weighted by Gasteiger charge is -2.48. The number of benzene rings is 4. The van der Waals surface area contributed by atoms with Gasteiger partial charge in [0, 0.05) is 76.6 Å². The summed E-state index contributed by atoms with van der Waals surface area (Å²) in [5, 5.41) is 39.3. The smallest absolute Gasteiger partial charge is 0.335 e. The predicted molar refractivity (Wildman–Crippen MR) is 234 cm³/mol. The molecule has 17 nitrogen and oxygen atoms in total. The third-order valence-electron chi connectivity index (χ3n) is 11.2. The van der Waals surface area contributed by atoms with Crippen molar-refractivity contribution < 1.29 is 24.3 Å². The lowest BCUT2D eigenvalue weighted by atomic mass is 9.79. The van der Waals surface area contributed by atoms with E-state index in [1.165, 1.54) is 58.4 Å². The zero-order valence-corrected chi connectivity index (χ0v) is 35.0. The Hall–Kier alpha value is -7.08. The number of anilines is 1. The lowest BCUT2D eigenvalue weighted by Crippen LogP contribution is -2.61. The third kappa shape index (κ3) is 10.2. The molecule has 63 heavy (non-hydrogen) atoms. The molecule has 3 atom stereocenters. The molecule has 19 heteroatoms. The number of halogens is 2. The van der Waals surface area contributed by atoms with E-state index in [1.54, 1.807) is 53.5 Å². The highest BCUT2D eigenvalue weighted by Gasteiger charge is 2.45. The van der Waals surface area contributed by atoms with Gasteiger partial charge < -0.3 is 20.6 Å². The van der Waals surface area contributed by atoms with Gasteiger partial charge >= 0.3 is 5.97 Å². The Labute approximate surface area is 371 Å². The number of carbonyl (C=O) groups excluding carboxylic acids is 3. The summed E-state index contributed by atoms with van der Waals surface area (Å²) in [7, 11) is 0. The number of carboxylic acid groups (broad SMARTS) is 1. The highest BCUT2D eigenvalue weighted by Crippen LogP contribution is 2.37. The fourth-order valence-electron chi connectivity index (χ4n) is 8.16. The van der Waals surface area contributed by atoms with Crippen molar-refractivity contribution in [2.75, 3.05) is 25.0 Å². The van der Waals surface area contributed by atoms with Gasteiger partial charge in [0.25, 0.3) is 0 Å². The summed E-state index contributed by atoms with van der Waals surface area (Å²) in [5.41, 5.74) is 3.87. The molecule has 0 radical (unpaired) electrons. The molecule has 2 aromatic heterocycles. The molecule has 2 fully saturated rings. The first-order valence-electron chi connectivity index (χ1n) is 20.1. The number of aromatic nitrogens is 8. The molecule has 4 heterocycles. The molecule has 2 saturated heterocycles. The van der Waals surface area contributed by atoms with Crippen LogP contribution in [-0.4, -0.2) is 117 Å². The van der Waals surface area contributed by atoms with E-state index < -0.39 is 29.7 Å².